The molecule has 0 aliphatic carbocycles. The number of rotatable bonds is 5. The third-order valence-corrected chi connectivity index (χ3v) is 5.42. The van der Waals surface area contributed by atoms with Gasteiger partial charge in [0.1, 0.15) is 5.75 Å². The molecule has 1 heterocycles. The van der Waals surface area contributed by atoms with Gasteiger partial charge in [0.25, 0.3) is 0 Å². The van der Waals surface area contributed by atoms with Crippen LogP contribution in [0.15, 0.2) is 22.7 Å². The highest BCUT2D eigenvalue weighted by atomic mass is 79.9. The molecule has 0 unspecified atom stereocenters. The van der Waals surface area contributed by atoms with Crippen LogP contribution in [0.25, 0.3) is 0 Å². The molecule has 1 fully saturated rings. The van der Waals surface area contributed by atoms with E-state index in [1.807, 2.05) is 18.2 Å². The maximum Gasteiger partial charge on any atom is 0.133 e. The van der Waals surface area contributed by atoms with Gasteiger partial charge in [0, 0.05) is 35.5 Å². The summed E-state index contributed by atoms with van der Waals surface area (Å²) in [7, 11) is 0.839. The molecule has 0 aromatic heterocycles. The molecule has 1 aliphatic rings. The number of benzene rings is 1. The first kappa shape index (κ1) is 15.0. The Morgan fingerprint density at radius 2 is 2.16 bits per heavy atom. The largest absolute Gasteiger partial charge is 0.496 e. The van der Waals surface area contributed by atoms with Crippen molar-refractivity contribution in [3.05, 3.63) is 28.2 Å². The molecule has 1 aromatic rings. The van der Waals surface area contributed by atoms with Crippen molar-refractivity contribution >= 4 is 26.7 Å². The lowest BCUT2D eigenvalue weighted by Crippen LogP contribution is -2.21. The lowest BCUT2D eigenvalue weighted by Gasteiger charge is -2.21. The molecule has 106 valence electrons. The van der Waals surface area contributed by atoms with Gasteiger partial charge < -0.3 is 9.47 Å². The molecular weight excluding hydrogens is 328 g/mol. The van der Waals surface area contributed by atoms with E-state index in [0.29, 0.717) is 11.7 Å². The fourth-order valence-electron chi connectivity index (χ4n) is 2.22. The first-order valence-corrected chi connectivity index (χ1v) is 8.72. The first-order valence-electron chi connectivity index (χ1n) is 6.44. The highest BCUT2D eigenvalue weighted by Gasteiger charge is 2.17. The van der Waals surface area contributed by atoms with E-state index in [1.54, 1.807) is 7.11 Å². The third kappa shape index (κ3) is 4.58. The maximum absolute atomic E-state index is 12.2. The standard InChI is InChI=1S/C14H19BrO3S/c1-17-14-3-2-12(8-13(14)15)10-19(16)9-11-4-6-18-7-5-11/h2-3,8,11H,4-7,9-10H2,1H3/t19-/m1/s1. The van der Waals surface area contributed by atoms with Gasteiger partial charge in [-0.05, 0) is 52.4 Å². The molecule has 0 spiro atoms. The van der Waals surface area contributed by atoms with Crippen LogP contribution in [0.2, 0.25) is 0 Å². The van der Waals surface area contributed by atoms with Crippen LogP contribution in [-0.4, -0.2) is 30.3 Å². The van der Waals surface area contributed by atoms with E-state index in [1.165, 1.54) is 0 Å². The van der Waals surface area contributed by atoms with E-state index < -0.39 is 10.8 Å². The molecular formula is C14H19BrO3S. The maximum atomic E-state index is 12.2. The minimum absolute atomic E-state index is 0.552. The van der Waals surface area contributed by atoms with Gasteiger partial charge in [0.05, 0.1) is 11.6 Å². The summed E-state index contributed by atoms with van der Waals surface area (Å²) < 4.78 is 23.6. The van der Waals surface area contributed by atoms with Crippen molar-refractivity contribution in [1.82, 2.24) is 0 Å². The summed E-state index contributed by atoms with van der Waals surface area (Å²) in [5.41, 5.74) is 1.08. The van der Waals surface area contributed by atoms with Crippen LogP contribution in [-0.2, 0) is 21.3 Å². The Bertz CT molecular complexity index is 444. The van der Waals surface area contributed by atoms with Crippen molar-refractivity contribution in [3.8, 4) is 5.75 Å². The Hall–Kier alpha value is -0.390. The number of hydrogen-bond acceptors (Lipinski definition) is 3. The molecule has 1 atom stereocenters. The highest BCUT2D eigenvalue weighted by Crippen LogP contribution is 2.26. The van der Waals surface area contributed by atoms with E-state index in [0.717, 1.165) is 47.6 Å². The van der Waals surface area contributed by atoms with Crippen LogP contribution < -0.4 is 4.74 Å². The van der Waals surface area contributed by atoms with Gasteiger partial charge in [-0.3, -0.25) is 4.21 Å². The molecule has 0 bridgehead atoms. The summed E-state index contributed by atoms with van der Waals surface area (Å²) in [4.78, 5) is 0. The molecule has 5 heteroatoms. The summed E-state index contributed by atoms with van der Waals surface area (Å²) >= 11 is 3.46. The van der Waals surface area contributed by atoms with Crippen molar-refractivity contribution in [3.63, 3.8) is 0 Å². The Morgan fingerprint density at radius 1 is 1.42 bits per heavy atom. The molecule has 0 saturated carbocycles. The van der Waals surface area contributed by atoms with Crippen LogP contribution in [0.4, 0.5) is 0 Å². The molecule has 1 aromatic carbocycles. The molecule has 0 N–H and O–H groups in total. The van der Waals surface area contributed by atoms with Crippen LogP contribution >= 0.6 is 15.9 Å². The number of ether oxygens (including phenoxy) is 2. The van der Waals surface area contributed by atoms with Gasteiger partial charge in [-0.2, -0.15) is 0 Å². The van der Waals surface area contributed by atoms with Crippen molar-refractivity contribution in [2.24, 2.45) is 5.92 Å². The lowest BCUT2D eigenvalue weighted by atomic mass is 10.0. The second-order valence-corrected chi connectivity index (χ2v) is 7.13. The quantitative estimate of drug-likeness (QED) is 0.821. The van der Waals surface area contributed by atoms with Crippen molar-refractivity contribution < 1.29 is 13.7 Å². The van der Waals surface area contributed by atoms with Gasteiger partial charge >= 0.3 is 0 Å². The van der Waals surface area contributed by atoms with Gasteiger partial charge in [0.2, 0.25) is 0 Å². The third-order valence-electron chi connectivity index (χ3n) is 3.31. The average molecular weight is 347 g/mol. The second kappa shape index (κ2) is 7.41. The van der Waals surface area contributed by atoms with Crippen molar-refractivity contribution in [2.75, 3.05) is 26.1 Å². The summed E-state index contributed by atoms with van der Waals surface area (Å²) in [5.74, 6) is 2.75. The van der Waals surface area contributed by atoms with E-state index >= 15 is 0 Å². The van der Waals surface area contributed by atoms with Crippen molar-refractivity contribution in [1.29, 1.82) is 0 Å². The molecule has 1 aliphatic heterocycles. The SMILES string of the molecule is COc1ccc(C[S@](=O)CC2CCOCC2)cc1Br. The number of hydrogen-bond donors (Lipinski definition) is 0. The van der Waals surface area contributed by atoms with Crippen LogP contribution in [0.3, 0.4) is 0 Å². The molecule has 19 heavy (non-hydrogen) atoms. The van der Waals surface area contributed by atoms with Gasteiger partial charge in [0.15, 0.2) is 0 Å². The number of halogens is 1. The predicted octanol–water partition coefficient (Wildman–Crippen LogP) is 3.13. The Labute approximate surface area is 125 Å². The minimum atomic E-state index is -0.803. The van der Waals surface area contributed by atoms with Crippen molar-refractivity contribution in [2.45, 2.75) is 18.6 Å². The summed E-state index contributed by atoms with van der Waals surface area (Å²) in [6.07, 6.45) is 2.08. The lowest BCUT2D eigenvalue weighted by molar-refractivity contribution is 0.0725. The molecule has 2 rings (SSSR count). The predicted molar refractivity (Wildman–Crippen MR) is 81.0 cm³/mol. The topological polar surface area (TPSA) is 35.5 Å². The van der Waals surface area contributed by atoms with Crippen LogP contribution in [0.5, 0.6) is 5.75 Å². The molecule has 0 radical (unpaired) electrons. The Balaban J connectivity index is 1.89. The zero-order valence-corrected chi connectivity index (χ0v) is 13.5. The highest BCUT2D eigenvalue weighted by molar-refractivity contribution is 9.10. The van der Waals surface area contributed by atoms with Crippen LogP contribution in [0.1, 0.15) is 18.4 Å². The first-order chi connectivity index (χ1) is 9.19. The van der Waals surface area contributed by atoms with E-state index in [4.69, 9.17) is 9.47 Å². The minimum Gasteiger partial charge on any atom is -0.496 e. The Morgan fingerprint density at radius 3 is 2.79 bits per heavy atom. The molecule has 3 nitrogen and oxygen atoms in total. The van der Waals surface area contributed by atoms with Gasteiger partial charge in [-0.15, -0.1) is 0 Å². The zero-order valence-electron chi connectivity index (χ0n) is 11.1. The summed E-state index contributed by atoms with van der Waals surface area (Å²) in [5, 5.41) is 0. The van der Waals surface area contributed by atoms with Gasteiger partial charge in [-0.25, -0.2) is 0 Å². The van der Waals surface area contributed by atoms with Crippen LogP contribution in [0, 0.1) is 5.92 Å². The fourth-order valence-corrected chi connectivity index (χ4v) is 4.34. The summed E-state index contributed by atoms with van der Waals surface area (Å²) in [6.45, 7) is 1.63. The zero-order chi connectivity index (χ0) is 13.7. The van der Waals surface area contributed by atoms with E-state index in [-0.39, 0.29) is 0 Å². The molecule has 1 saturated heterocycles. The number of methoxy groups -OCH3 is 1. The Kier molecular flexibility index (Phi) is 5.85. The van der Waals surface area contributed by atoms with Gasteiger partial charge in [-0.1, -0.05) is 6.07 Å². The smallest absolute Gasteiger partial charge is 0.133 e. The normalized spacial score (nSPS) is 18.2. The fraction of sp³-hybridized carbons (Fsp3) is 0.571. The second-order valence-electron chi connectivity index (χ2n) is 4.78. The summed E-state index contributed by atoms with van der Waals surface area (Å²) in [6, 6.07) is 5.87. The monoisotopic (exact) mass is 346 g/mol. The molecule has 0 amide bonds. The van der Waals surface area contributed by atoms with E-state index in [2.05, 4.69) is 15.9 Å². The van der Waals surface area contributed by atoms with E-state index in [9.17, 15) is 4.21 Å². The average Bonchev–Trinajstić information content (AvgIpc) is 2.40.